The molecule has 0 unspecified atom stereocenters. The zero-order valence-electron chi connectivity index (χ0n) is 56.7. The Morgan fingerprint density at radius 1 is 0.301 bits per heavy atom. The van der Waals surface area contributed by atoms with E-state index < -0.39 is 29.8 Å². The topological polar surface area (TPSA) is 262 Å². The fourth-order valence-corrected chi connectivity index (χ4v) is 11.5. The molecule has 526 valence electrons. The standard InChI is InChI=1S/C28H46N2O6.C26H42N2O6.C17H28N2O4/c31-25-15-7-5-11-21-29(25)19-9-1-3-13-23-35-27(33)17-18-28(34)36-24-14-4-2-10-20-30-22-12-6-8-16-26(30)32;29-23-13-6-5-9-19-27(23)17-7-1-3-10-21-33-25(31)15-16-26(32)34-22-11-4-2-8-18-28-20-12-14-24(28)30;1-23-17(22)11-10-15(20)18-12-6-2-3-7-13-19-14-8-4-5-9-16(19)21/h17-18H,1-16,19-24H2;15-16H,1-14,17-22H2;10-11H,2-9,12-14H2,1H3,(H,18,20). The zero-order valence-corrected chi connectivity index (χ0v) is 56.7. The first-order valence-corrected chi connectivity index (χ1v) is 35.7. The molecule has 6 amide bonds. The summed E-state index contributed by atoms with van der Waals surface area (Å²) in [5, 5.41) is 2.72. The zero-order chi connectivity index (χ0) is 67.2. The van der Waals surface area contributed by atoms with Gasteiger partial charge in [-0.2, -0.15) is 0 Å². The highest BCUT2D eigenvalue weighted by Gasteiger charge is 2.21. The smallest absolute Gasteiger partial charge is 0.331 e. The number of ether oxygens (including phenoxy) is 5. The molecule has 5 rings (SSSR count). The van der Waals surface area contributed by atoms with Crippen LogP contribution in [0.2, 0.25) is 0 Å². The van der Waals surface area contributed by atoms with E-state index >= 15 is 0 Å². The molecule has 22 nitrogen and oxygen atoms in total. The number of carbonyl (C=O) groups excluding carboxylic acids is 11. The summed E-state index contributed by atoms with van der Waals surface area (Å²) in [7, 11) is 1.27. The van der Waals surface area contributed by atoms with Crippen LogP contribution in [-0.4, -0.2) is 195 Å². The van der Waals surface area contributed by atoms with E-state index in [0.717, 1.165) is 308 Å². The molecule has 0 aromatic heterocycles. The second kappa shape index (κ2) is 53.7. The maximum absolute atomic E-state index is 12.0. The average Bonchev–Trinajstić information content (AvgIpc) is 3.63. The van der Waals surface area contributed by atoms with Crippen LogP contribution in [0.3, 0.4) is 0 Å². The van der Waals surface area contributed by atoms with Crippen LogP contribution >= 0.6 is 0 Å². The SMILES string of the molecule is COC(=O)C=CC(=O)NCCCCCCN1CCCCCC1=O.O=C(C=CC(=O)OCCCCCCN1CCCC1=O)OCCCCCCN1CCCCCC1=O.O=C(C=CC(=O)OCCCCCCN1CCCCCC1=O)OCCCCCCN1CCCCCC1=O. The first kappa shape index (κ1) is 80.6. The Labute approximate surface area is 555 Å². The summed E-state index contributed by atoms with van der Waals surface area (Å²) >= 11 is 0. The lowest BCUT2D eigenvalue weighted by Gasteiger charge is -2.20. The van der Waals surface area contributed by atoms with E-state index in [1.165, 1.54) is 13.2 Å². The van der Waals surface area contributed by atoms with Crippen molar-refractivity contribution in [1.82, 2.24) is 29.8 Å². The molecular weight excluding hydrogens is 1190 g/mol. The molecular formula is C71H116N6O16. The van der Waals surface area contributed by atoms with Gasteiger partial charge >= 0.3 is 29.8 Å². The third-order valence-corrected chi connectivity index (χ3v) is 17.1. The van der Waals surface area contributed by atoms with Crippen LogP contribution in [-0.2, 0) is 76.4 Å². The van der Waals surface area contributed by atoms with Crippen molar-refractivity contribution in [2.45, 2.75) is 244 Å². The number of likely N-dealkylation sites (tertiary alicyclic amines) is 5. The van der Waals surface area contributed by atoms with Crippen molar-refractivity contribution in [2.24, 2.45) is 0 Å². The number of methoxy groups -OCH3 is 1. The van der Waals surface area contributed by atoms with Crippen LogP contribution in [0.1, 0.15) is 244 Å². The summed E-state index contributed by atoms with van der Waals surface area (Å²) in [4.78, 5) is 138. The van der Waals surface area contributed by atoms with Gasteiger partial charge in [0, 0.05) is 141 Å². The average molecular weight is 1310 g/mol. The first-order chi connectivity index (χ1) is 45.2. The minimum atomic E-state index is -0.539. The summed E-state index contributed by atoms with van der Waals surface area (Å²) in [6.07, 6.45) is 42.9. The summed E-state index contributed by atoms with van der Waals surface area (Å²) < 4.78 is 24.9. The van der Waals surface area contributed by atoms with Gasteiger partial charge in [-0.15, -0.1) is 0 Å². The number of amides is 6. The number of carbonyl (C=O) groups is 11. The minimum Gasteiger partial charge on any atom is -0.466 e. The molecule has 5 fully saturated rings. The second-order valence-electron chi connectivity index (χ2n) is 24.8. The highest BCUT2D eigenvalue weighted by atomic mass is 16.5. The van der Waals surface area contributed by atoms with E-state index in [1.807, 2.05) is 24.5 Å². The molecule has 5 aliphatic rings. The molecule has 1 N–H and O–H groups in total. The Hall–Kier alpha value is -6.61. The van der Waals surface area contributed by atoms with Crippen LogP contribution in [0.5, 0.6) is 0 Å². The lowest BCUT2D eigenvalue weighted by molar-refractivity contribution is -0.140. The summed E-state index contributed by atoms with van der Waals surface area (Å²) in [6.45, 7) is 10.5. The molecule has 93 heavy (non-hydrogen) atoms. The fraction of sp³-hybridized carbons (Fsp3) is 0.761. The fourth-order valence-electron chi connectivity index (χ4n) is 11.5. The normalized spacial score (nSPS) is 16.7. The van der Waals surface area contributed by atoms with Gasteiger partial charge in [0.2, 0.25) is 35.4 Å². The van der Waals surface area contributed by atoms with Crippen molar-refractivity contribution >= 4 is 65.3 Å². The van der Waals surface area contributed by atoms with Crippen molar-refractivity contribution in [2.75, 3.05) is 106 Å². The predicted octanol–water partition coefficient (Wildman–Crippen LogP) is 10.1. The van der Waals surface area contributed by atoms with E-state index in [4.69, 9.17) is 18.9 Å². The van der Waals surface area contributed by atoms with Gasteiger partial charge in [0.05, 0.1) is 33.5 Å². The van der Waals surface area contributed by atoms with E-state index in [2.05, 4.69) is 10.1 Å². The highest BCUT2D eigenvalue weighted by molar-refractivity contribution is 5.94. The summed E-state index contributed by atoms with van der Waals surface area (Å²) in [5.41, 5.74) is 0. The third-order valence-electron chi connectivity index (χ3n) is 17.1. The van der Waals surface area contributed by atoms with Crippen molar-refractivity contribution in [3.63, 3.8) is 0 Å². The Kier molecular flexibility index (Phi) is 46.6. The number of esters is 5. The first-order valence-electron chi connectivity index (χ1n) is 35.7. The molecule has 0 bridgehead atoms. The number of unbranched alkanes of at least 4 members (excludes halogenated alkanes) is 15. The van der Waals surface area contributed by atoms with E-state index in [0.29, 0.717) is 71.0 Å². The quantitative estimate of drug-likeness (QED) is 0.0258. The van der Waals surface area contributed by atoms with E-state index in [-0.39, 0.29) is 29.5 Å². The molecule has 5 saturated heterocycles. The molecule has 5 aliphatic heterocycles. The summed E-state index contributed by atoms with van der Waals surface area (Å²) in [6, 6.07) is 0. The molecule has 0 atom stereocenters. The van der Waals surface area contributed by atoms with Crippen LogP contribution in [0.25, 0.3) is 0 Å². The maximum Gasteiger partial charge on any atom is 0.331 e. The molecule has 0 aromatic rings. The highest BCUT2D eigenvalue weighted by Crippen LogP contribution is 2.18. The van der Waals surface area contributed by atoms with Gasteiger partial charge in [0.15, 0.2) is 0 Å². The van der Waals surface area contributed by atoms with Gasteiger partial charge in [-0.1, -0.05) is 64.2 Å². The van der Waals surface area contributed by atoms with Crippen LogP contribution in [0, 0.1) is 0 Å². The third kappa shape index (κ3) is 42.4. The van der Waals surface area contributed by atoms with Crippen LogP contribution in [0.4, 0.5) is 0 Å². The van der Waals surface area contributed by atoms with Gasteiger partial charge in [-0.3, -0.25) is 28.8 Å². The Bertz CT molecular complexity index is 2230. The number of nitrogens with zero attached hydrogens (tertiary/aromatic N) is 5. The minimum absolute atomic E-state index is 0.261. The largest absolute Gasteiger partial charge is 0.466 e. The van der Waals surface area contributed by atoms with E-state index in [1.54, 1.807) is 0 Å². The molecule has 0 saturated carbocycles. The van der Waals surface area contributed by atoms with Gasteiger partial charge in [-0.05, 0) is 148 Å². The lowest BCUT2D eigenvalue weighted by atomic mass is 10.2. The van der Waals surface area contributed by atoms with Crippen molar-refractivity contribution in [1.29, 1.82) is 0 Å². The molecule has 22 heteroatoms. The lowest BCUT2D eigenvalue weighted by Crippen LogP contribution is -2.31. The van der Waals surface area contributed by atoms with Gasteiger partial charge in [0.1, 0.15) is 0 Å². The van der Waals surface area contributed by atoms with Crippen molar-refractivity contribution < 1.29 is 76.4 Å². The van der Waals surface area contributed by atoms with Crippen LogP contribution in [0.15, 0.2) is 36.5 Å². The number of hydrogen-bond acceptors (Lipinski definition) is 16. The molecule has 5 heterocycles. The number of nitrogens with one attached hydrogen (secondary N) is 1. The predicted molar refractivity (Wildman–Crippen MR) is 355 cm³/mol. The molecule has 0 spiro atoms. The Morgan fingerprint density at radius 2 is 0.548 bits per heavy atom. The molecule has 0 aromatic carbocycles. The van der Waals surface area contributed by atoms with Crippen LogP contribution < -0.4 is 5.32 Å². The molecule has 0 radical (unpaired) electrons. The number of hydrogen-bond donors (Lipinski definition) is 1. The van der Waals surface area contributed by atoms with E-state index in [9.17, 15) is 52.7 Å². The van der Waals surface area contributed by atoms with Gasteiger partial charge in [-0.25, -0.2) is 24.0 Å². The van der Waals surface area contributed by atoms with Crippen molar-refractivity contribution in [3.05, 3.63) is 36.5 Å². The Balaban J connectivity index is 0.000000373. The van der Waals surface area contributed by atoms with Crippen molar-refractivity contribution in [3.8, 4) is 0 Å². The maximum atomic E-state index is 12.0. The number of rotatable bonds is 41. The van der Waals surface area contributed by atoms with Gasteiger partial charge in [0.25, 0.3) is 0 Å². The monoisotopic (exact) mass is 1310 g/mol. The summed E-state index contributed by atoms with van der Waals surface area (Å²) in [5.74, 6) is -1.57. The molecule has 0 aliphatic carbocycles. The Morgan fingerprint density at radius 3 is 0.817 bits per heavy atom. The second-order valence-corrected chi connectivity index (χ2v) is 24.8. The van der Waals surface area contributed by atoms with Gasteiger partial charge < -0.3 is 53.5 Å².